The van der Waals surface area contributed by atoms with E-state index in [1.807, 2.05) is 48.5 Å². The molecule has 1 N–H and O–H groups in total. The first kappa shape index (κ1) is 19.6. The summed E-state index contributed by atoms with van der Waals surface area (Å²) in [6.45, 7) is 6.32. The standard InChI is InChI=1S/C23H28N4O2/c1-17(24-13-16-26-14-5-6-15-26)22-25-21-8-4-3-7-20(21)23(28)27(22)18-9-11-19(29-2)12-10-18/h3-4,7-12,17,24H,5-6,13-16H2,1-2H3. The van der Waals surface area contributed by atoms with E-state index in [2.05, 4.69) is 17.1 Å². The number of hydrogen-bond acceptors (Lipinski definition) is 5. The van der Waals surface area contributed by atoms with Crippen molar-refractivity contribution < 1.29 is 4.74 Å². The molecule has 1 fully saturated rings. The highest BCUT2D eigenvalue weighted by Gasteiger charge is 2.18. The van der Waals surface area contributed by atoms with E-state index in [9.17, 15) is 4.79 Å². The van der Waals surface area contributed by atoms with E-state index in [0.29, 0.717) is 5.39 Å². The Balaban J connectivity index is 1.69. The van der Waals surface area contributed by atoms with Crippen molar-refractivity contribution in [2.24, 2.45) is 0 Å². The summed E-state index contributed by atoms with van der Waals surface area (Å²) >= 11 is 0. The smallest absolute Gasteiger partial charge is 0.266 e. The second-order valence-electron chi connectivity index (χ2n) is 7.55. The van der Waals surface area contributed by atoms with Crippen LogP contribution in [-0.2, 0) is 0 Å². The van der Waals surface area contributed by atoms with Gasteiger partial charge in [-0.3, -0.25) is 9.36 Å². The van der Waals surface area contributed by atoms with E-state index >= 15 is 0 Å². The zero-order valence-corrected chi connectivity index (χ0v) is 17.1. The molecule has 29 heavy (non-hydrogen) atoms. The van der Waals surface area contributed by atoms with Gasteiger partial charge in [0.15, 0.2) is 0 Å². The highest BCUT2D eigenvalue weighted by Crippen LogP contribution is 2.20. The van der Waals surface area contributed by atoms with Crippen LogP contribution in [0.15, 0.2) is 53.3 Å². The number of likely N-dealkylation sites (tertiary alicyclic amines) is 1. The molecule has 2 heterocycles. The molecule has 6 nitrogen and oxygen atoms in total. The third kappa shape index (κ3) is 4.18. The van der Waals surface area contributed by atoms with Crippen molar-refractivity contribution in [3.8, 4) is 11.4 Å². The maximum atomic E-state index is 13.3. The van der Waals surface area contributed by atoms with Crippen molar-refractivity contribution in [2.75, 3.05) is 33.3 Å². The lowest BCUT2D eigenvalue weighted by atomic mass is 10.2. The van der Waals surface area contributed by atoms with E-state index in [1.165, 1.54) is 25.9 Å². The Kier molecular flexibility index (Phi) is 5.92. The second-order valence-corrected chi connectivity index (χ2v) is 7.55. The third-order valence-corrected chi connectivity index (χ3v) is 5.60. The first-order valence-electron chi connectivity index (χ1n) is 10.3. The minimum absolute atomic E-state index is 0.0519. The van der Waals surface area contributed by atoms with Gasteiger partial charge in [-0.05, 0) is 69.3 Å². The van der Waals surface area contributed by atoms with Crippen molar-refractivity contribution in [1.82, 2.24) is 19.8 Å². The predicted octanol–water partition coefficient (Wildman–Crippen LogP) is 3.14. The summed E-state index contributed by atoms with van der Waals surface area (Å²) in [7, 11) is 1.64. The maximum Gasteiger partial charge on any atom is 0.266 e. The summed E-state index contributed by atoms with van der Waals surface area (Å²) in [4.78, 5) is 20.7. The number of methoxy groups -OCH3 is 1. The lowest BCUT2D eigenvalue weighted by Gasteiger charge is -2.21. The molecular formula is C23H28N4O2. The number of para-hydroxylation sites is 1. The summed E-state index contributed by atoms with van der Waals surface area (Å²) in [5.41, 5.74) is 1.46. The molecule has 0 aliphatic carbocycles. The highest BCUT2D eigenvalue weighted by molar-refractivity contribution is 5.77. The molecule has 1 unspecified atom stereocenters. The van der Waals surface area contributed by atoms with Crippen LogP contribution in [0.2, 0.25) is 0 Å². The number of aromatic nitrogens is 2. The van der Waals surface area contributed by atoms with E-state index in [4.69, 9.17) is 9.72 Å². The van der Waals surface area contributed by atoms with E-state index in [0.717, 1.165) is 35.9 Å². The molecular weight excluding hydrogens is 364 g/mol. The highest BCUT2D eigenvalue weighted by atomic mass is 16.5. The van der Waals surface area contributed by atoms with Crippen LogP contribution >= 0.6 is 0 Å². The van der Waals surface area contributed by atoms with E-state index in [1.54, 1.807) is 11.7 Å². The molecule has 1 aliphatic heterocycles. The number of rotatable bonds is 7. The SMILES string of the molecule is COc1ccc(-n2c(C(C)NCCN3CCCC3)nc3ccccc3c2=O)cc1. The number of ether oxygens (including phenoxy) is 1. The molecule has 152 valence electrons. The van der Waals surface area contributed by atoms with Gasteiger partial charge in [0.1, 0.15) is 11.6 Å². The molecule has 1 atom stereocenters. The Morgan fingerprint density at radius 1 is 1.10 bits per heavy atom. The lowest BCUT2D eigenvalue weighted by Crippen LogP contribution is -2.34. The normalized spacial score (nSPS) is 15.7. The van der Waals surface area contributed by atoms with E-state index in [-0.39, 0.29) is 11.6 Å². The van der Waals surface area contributed by atoms with Crippen molar-refractivity contribution in [1.29, 1.82) is 0 Å². The van der Waals surface area contributed by atoms with Gasteiger partial charge < -0.3 is 15.0 Å². The fraction of sp³-hybridized carbons (Fsp3) is 0.391. The Morgan fingerprint density at radius 3 is 2.55 bits per heavy atom. The van der Waals surface area contributed by atoms with Crippen LogP contribution in [0.1, 0.15) is 31.6 Å². The lowest BCUT2D eigenvalue weighted by molar-refractivity contribution is 0.328. The molecule has 1 aliphatic rings. The first-order chi connectivity index (χ1) is 14.2. The molecule has 2 aromatic carbocycles. The molecule has 1 aromatic heterocycles. The molecule has 0 saturated carbocycles. The average Bonchev–Trinajstić information content (AvgIpc) is 3.27. The molecule has 1 saturated heterocycles. The van der Waals surface area contributed by atoms with Crippen molar-refractivity contribution in [3.05, 3.63) is 64.7 Å². The van der Waals surface area contributed by atoms with Gasteiger partial charge in [-0.15, -0.1) is 0 Å². The average molecular weight is 393 g/mol. The Labute approximate surface area is 171 Å². The molecule has 0 spiro atoms. The monoisotopic (exact) mass is 392 g/mol. The Morgan fingerprint density at radius 2 is 1.83 bits per heavy atom. The van der Waals surface area contributed by atoms with Crippen LogP contribution in [0.3, 0.4) is 0 Å². The van der Waals surface area contributed by atoms with Crippen LogP contribution in [-0.4, -0.2) is 47.7 Å². The largest absolute Gasteiger partial charge is 0.497 e. The number of fused-ring (bicyclic) bond motifs is 1. The van der Waals surface area contributed by atoms with Crippen molar-refractivity contribution in [3.63, 3.8) is 0 Å². The third-order valence-electron chi connectivity index (χ3n) is 5.60. The molecule has 6 heteroatoms. The first-order valence-corrected chi connectivity index (χ1v) is 10.3. The Bertz CT molecular complexity index is 1020. The van der Waals surface area contributed by atoms with Crippen molar-refractivity contribution >= 4 is 10.9 Å². The minimum atomic E-state index is -0.0583. The molecule has 0 amide bonds. The zero-order chi connectivity index (χ0) is 20.2. The quantitative estimate of drug-likeness (QED) is 0.669. The van der Waals surface area contributed by atoms with Crippen molar-refractivity contribution in [2.45, 2.75) is 25.8 Å². The van der Waals surface area contributed by atoms with Gasteiger partial charge in [-0.25, -0.2) is 4.98 Å². The summed E-state index contributed by atoms with van der Waals surface area (Å²) < 4.78 is 6.98. The van der Waals surface area contributed by atoms with Gasteiger partial charge in [-0.1, -0.05) is 12.1 Å². The molecule has 4 rings (SSSR count). The maximum absolute atomic E-state index is 13.3. The van der Waals surface area contributed by atoms with Gasteiger partial charge in [-0.2, -0.15) is 0 Å². The van der Waals surface area contributed by atoms with Crippen LogP contribution < -0.4 is 15.6 Å². The molecule has 0 bridgehead atoms. The summed E-state index contributed by atoms with van der Waals surface area (Å²) in [6.07, 6.45) is 2.58. The van der Waals surface area contributed by atoms with Crippen LogP contribution in [0.5, 0.6) is 5.75 Å². The second kappa shape index (κ2) is 8.76. The summed E-state index contributed by atoms with van der Waals surface area (Å²) in [5, 5.41) is 4.18. The topological polar surface area (TPSA) is 59.4 Å². The van der Waals surface area contributed by atoms with Gasteiger partial charge >= 0.3 is 0 Å². The zero-order valence-electron chi connectivity index (χ0n) is 17.1. The number of nitrogens with zero attached hydrogens (tertiary/aromatic N) is 3. The molecule has 0 radical (unpaired) electrons. The Hall–Kier alpha value is -2.70. The minimum Gasteiger partial charge on any atom is -0.497 e. The van der Waals surface area contributed by atoms with Crippen LogP contribution in [0, 0.1) is 0 Å². The van der Waals surface area contributed by atoms with Gasteiger partial charge in [0.25, 0.3) is 5.56 Å². The predicted molar refractivity (Wildman–Crippen MR) is 116 cm³/mol. The number of benzene rings is 2. The van der Waals surface area contributed by atoms with E-state index < -0.39 is 0 Å². The fourth-order valence-electron chi connectivity index (χ4n) is 3.96. The number of hydrogen-bond donors (Lipinski definition) is 1. The van der Waals surface area contributed by atoms with Gasteiger partial charge in [0, 0.05) is 13.1 Å². The summed E-state index contributed by atoms with van der Waals surface area (Å²) in [6, 6.07) is 15.0. The van der Waals surface area contributed by atoms with Gasteiger partial charge in [0.05, 0.1) is 29.7 Å². The number of nitrogens with one attached hydrogen (secondary N) is 1. The molecule has 3 aromatic rings. The fourth-order valence-corrected chi connectivity index (χ4v) is 3.96. The van der Waals surface area contributed by atoms with Crippen LogP contribution in [0.25, 0.3) is 16.6 Å². The summed E-state index contributed by atoms with van der Waals surface area (Å²) in [5.74, 6) is 1.48. The van der Waals surface area contributed by atoms with Crippen LogP contribution in [0.4, 0.5) is 0 Å². The van der Waals surface area contributed by atoms with Gasteiger partial charge in [0.2, 0.25) is 0 Å².